The monoisotopic (exact) mass is 307 g/mol. The van der Waals surface area contributed by atoms with Crippen molar-refractivity contribution in [2.45, 2.75) is 18.9 Å². The smallest absolute Gasteiger partial charge is 0.304 e. The summed E-state index contributed by atoms with van der Waals surface area (Å²) >= 11 is 0. The predicted octanol–water partition coefficient (Wildman–Crippen LogP) is 0.540. The number of rotatable bonds is 6. The van der Waals surface area contributed by atoms with Gasteiger partial charge in [-0.05, 0) is 12.0 Å². The molecule has 2 N–H and O–H groups in total. The van der Waals surface area contributed by atoms with Gasteiger partial charge in [0.25, 0.3) is 0 Å². The topological polar surface area (TPSA) is 87.1 Å². The molecule has 0 aromatic heterocycles. The maximum atomic E-state index is 12.5. The number of hydrogen-bond acceptors (Lipinski definition) is 4. The van der Waals surface area contributed by atoms with Gasteiger partial charge in [-0.25, -0.2) is 0 Å². The number of carbonyl (C=O) groups is 2. The quantitative estimate of drug-likeness (QED) is 0.801. The molecule has 1 aliphatic heterocycles. The maximum Gasteiger partial charge on any atom is 0.304 e. The zero-order valence-corrected chi connectivity index (χ0v) is 12.4. The van der Waals surface area contributed by atoms with Crippen molar-refractivity contribution in [3.63, 3.8) is 0 Å². The van der Waals surface area contributed by atoms with Crippen LogP contribution in [0.1, 0.15) is 12.0 Å². The van der Waals surface area contributed by atoms with Gasteiger partial charge in [0.05, 0.1) is 38.2 Å². The highest BCUT2D eigenvalue weighted by Gasteiger charge is 2.32. The van der Waals surface area contributed by atoms with Crippen LogP contribution in [0.2, 0.25) is 0 Å². The highest BCUT2D eigenvalue weighted by molar-refractivity contribution is 5.83. The van der Waals surface area contributed by atoms with Crippen molar-refractivity contribution in [1.82, 2.24) is 4.90 Å². The van der Waals surface area contributed by atoms with Gasteiger partial charge in [-0.15, -0.1) is 0 Å². The third-order valence-electron chi connectivity index (χ3n) is 3.82. The Morgan fingerprint density at radius 2 is 2.05 bits per heavy atom. The lowest BCUT2D eigenvalue weighted by molar-refractivity contribution is -0.151. The molecule has 1 heterocycles. The average molecular weight is 307 g/mol. The molecule has 1 aromatic carbocycles. The minimum atomic E-state index is -1.08. The molecule has 1 aliphatic rings. The Bertz CT molecular complexity index is 505. The van der Waals surface area contributed by atoms with Crippen LogP contribution < -0.4 is 0 Å². The molecule has 120 valence electrons. The van der Waals surface area contributed by atoms with E-state index in [1.54, 1.807) is 4.90 Å². The van der Waals surface area contributed by atoms with Crippen molar-refractivity contribution in [3.05, 3.63) is 35.9 Å². The molecule has 1 amide bonds. The first-order valence-electron chi connectivity index (χ1n) is 7.36. The van der Waals surface area contributed by atoms with Crippen molar-refractivity contribution in [2.24, 2.45) is 5.92 Å². The minimum absolute atomic E-state index is 0.133. The number of amides is 1. The van der Waals surface area contributed by atoms with Gasteiger partial charge in [0, 0.05) is 6.54 Å². The third kappa shape index (κ3) is 4.29. The molecule has 1 unspecified atom stereocenters. The number of aliphatic carboxylic acids is 1. The first-order valence-corrected chi connectivity index (χ1v) is 7.36. The second-order valence-corrected chi connectivity index (χ2v) is 5.43. The summed E-state index contributed by atoms with van der Waals surface area (Å²) in [5.74, 6) is -2.29. The fourth-order valence-corrected chi connectivity index (χ4v) is 2.68. The van der Waals surface area contributed by atoms with Crippen LogP contribution in [0, 0.1) is 5.92 Å². The summed E-state index contributed by atoms with van der Waals surface area (Å²) in [4.78, 5) is 25.0. The molecule has 0 spiro atoms. The van der Waals surface area contributed by atoms with Gasteiger partial charge in [0.2, 0.25) is 5.91 Å². The highest BCUT2D eigenvalue weighted by Crippen LogP contribution is 2.17. The fourth-order valence-electron chi connectivity index (χ4n) is 2.68. The summed E-state index contributed by atoms with van der Waals surface area (Å²) in [6.07, 6.45) is 0.294. The molecule has 0 radical (unpaired) electrons. The maximum absolute atomic E-state index is 12.5. The van der Waals surface area contributed by atoms with E-state index in [0.29, 0.717) is 26.2 Å². The van der Waals surface area contributed by atoms with Gasteiger partial charge in [0.1, 0.15) is 0 Å². The largest absolute Gasteiger partial charge is 0.481 e. The summed E-state index contributed by atoms with van der Waals surface area (Å²) in [6, 6.07) is 9.64. The summed E-state index contributed by atoms with van der Waals surface area (Å²) < 4.78 is 5.46. The molecule has 1 fully saturated rings. The number of nitrogens with zero attached hydrogens (tertiary/aromatic N) is 1. The number of hydrogen-bond donors (Lipinski definition) is 2. The molecule has 1 aromatic rings. The van der Waals surface area contributed by atoms with Gasteiger partial charge >= 0.3 is 5.97 Å². The number of ether oxygens (including phenoxy) is 1. The zero-order valence-electron chi connectivity index (χ0n) is 12.4. The normalized spacial score (nSPS) is 19.7. The predicted molar refractivity (Wildman–Crippen MR) is 79.3 cm³/mol. The Morgan fingerprint density at radius 3 is 2.68 bits per heavy atom. The first kappa shape index (κ1) is 16.5. The standard InChI is InChI=1S/C16H21NO5/c18-10-13(9-15(19)20)16(21)17-6-7-22-11-14(17)8-12-4-2-1-3-5-12/h1-5,13-14,18H,6-11H2,(H,19,20)/t13?,14-/m0/s1. The number of carboxylic acids is 1. The van der Waals surface area contributed by atoms with E-state index in [0.717, 1.165) is 5.56 Å². The lowest BCUT2D eigenvalue weighted by Gasteiger charge is -2.37. The van der Waals surface area contributed by atoms with Gasteiger partial charge in [0.15, 0.2) is 0 Å². The zero-order chi connectivity index (χ0) is 15.9. The number of benzene rings is 1. The lowest BCUT2D eigenvalue weighted by Crippen LogP contribution is -2.52. The number of aliphatic hydroxyl groups excluding tert-OH is 1. The third-order valence-corrected chi connectivity index (χ3v) is 3.82. The highest BCUT2D eigenvalue weighted by atomic mass is 16.5. The molecule has 6 nitrogen and oxygen atoms in total. The van der Waals surface area contributed by atoms with Crippen molar-refractivity contribution >= 4 is 11.9 Å². The van der Waals surface area contributed by atoms with Crippen LogP contribution in [0.25, 0.3) is 0 Å². The van der Waals surface area contributed by atoms with Gasteiger partial charge < -0.3 is 19.8 Å². The van der Waals surface area contributed by atoms with Gasteiger partial charge in [-0.1, -0.05) is 30.3 Å². The van der Waals surface area contributed by atoms with Crippen LogP contribution >= 0.6 is 0 Å². The van der Waals surface area contributed by atoms with Crippen LogP contribution in [-0.4, -0.2) is 59.4 Å². The molecule has 6 heteroatoms. The van der Waals surface area contributed by atoms with E-state index < -0.39 is 18.5 Å². The van der Waals surface area contributed by atoms with E-state index in [-0.39, 0.29) is 18.4 Å². The molecule has 2 rings (SSSR count). The van der Waals surface area contributed by atoms with Crippen molar-refractivity contribution in [2.75, 3.05) is 26.4 Å². The molecule has 0 saturated carbocycles. The van der Waals surface area contributed by atoms with E-state index in [1.165, 1.54) is 0 Å². The number of carbonyl (C=O) groups excluding carboxylic acids is 1. The second kappa shape index (κ2) is 7.91. The molecular formula is C16H21NO5. The average Bonchev–Trinajstić information content (AvgIpc) is 2.53. The van der Waals surface area contributed by atoms with Gasteiger partial charge in [-0.3, -0.25) is 9.59 Å². The summed E-state index contributed by atoms with van der Waals surface area (Å²) in [6.45, 7) is 0.821. The first-order chi connectivity index (χ1) is 10.6. The molecule has 22 heavy (non-hydrogen) atoms. The second-order valence-electron chi connectivity index (χ2n) is 5.43. The minimum Gasteiger partial charge on any atom is -0.481 e. The molecule has 1 saturated heterocycles. The Labute approximate surface area is 129 Å². The Hall–Kier alpha value is -1.92. The SMILES string of the molecule is O=C(O)CC(CO)C(=O)N1CCOC[C@@H]1Cc1ccccc1. The van der Waals surface area contributed by atoms with E-state index in [1.807, 2.05) is 30.3 Å². The Kier molecular flexibility index (Phi) is 5.91. The summed E-state index contributed by atoms with van der Waals surface area (Å²) in [7, 11) is 0. The van der Waals surface area contributed by atoms with E-state index in [9.17, 15) is 14.7 Å². The van der Waals surface area contributed by atoms with Crippen LogP contribution in [-0.2, 0) is 20.7 Å². The lowest BCUT2D eigenvalue weighted by atomic mass is 10.00. The van der Waals surface area contributed by atoms with E-state index in [4.69, 9.17) is 9.84 Å². The molecule has 2 atom stereocenters. The summed E-state index contributed by atoms with van der Waals surface area (Å²) in [5.41, 5.74) is 1.09. The summed E-state index contributed by atoms with van der Waals surface area (Å²) in [5, 5.41) is 18.2. The van der Waals surface area contributed by atoms with Crippen molar-refractivity contribution in [3.8, 4) is 0 Å². The van der Waals surface area contributed by atoms with E-state index >= 15 is 0 Å². The van der Waals surface area contributed by atoms with Crippen LogP contribution in [0.3, 0.4) is 0 Å². The van der Waals surface area contributed by atoms with Crippen molar-refractivity contribution in [1.29, 1.82) is 0 Å². The van der Waals surface area contributed by atoms with E-state index in [2.05, 4.69) is 0 Å². The fraction of sp³-hybridized carbons (Fsp3) is 0.500. The van der Waals surface area contributed by atoms with Crippen molar-refractivity contribution < 1.29 is 24.5 Å². The Balaban J connectivity index is 2.08. The molecular weight excluding hydrogens is 286 g/mol. The molecule has 0 bridgehead atoms. The number of aliphatic hydroxyl groups is 1. The number of carboxylic acid groups (broad SMARTS) is 1. The van der Waals surface area contributed by atoms with Crippen LogP contribution in [0.5, 0.6) is 0 Å². The van der Waals surface area contributed by atoms with Gasteiger partial charge in [-0.2, -0.15) is 0 Å². The van der Waals surface area contributed by atoms with Crippen LogP contribution in [0.15, 0.2) is 30.3 Å². The Morgan fingerprint density at radius 1 is 1.32 bits per heavy atom. The number of morpholine rings is 1. The van der Waals surface area contributed by atoms with Crippen LogP contribution in [0.4, 0.5) is 0 Å². The molecule has 0 aliphatic carbocycles.